The minimum atomic E-state index is -4.63. The van der Waals surface area contributed by atoms with Gasteiger partial charge < -0.3 is 20.1 Å². The van der Waals surface area contributed by atoms with Crippen LogP contribution in [0.2, 0.25) is 5.02 Å². The Labute approximate surface area is 223 Å². The van der Waals surface area contributed by atoms with Crippen molar-refractivity contribution in [1.29, 1.82) is 0 Å². The van der Waals surface area contributed by atoms with Gasteiger partial charge in [-0.1, -0.05) is 23.7 Å². The third-order valence-corrected chi connectivity index (χ3v) is 6.21. The number of nitrogens with two attached hydrogens (primary N) is 1. The van der Waals surface area contributed by atoms with Gasteiger partial charge in [0, 0.05) is 42.9 Å². The van der Waals surface area contributed by atoms with Crippen LogP contribution in [0.3, 0.4) is 0 Å². The first-order valence-corrected chi connectivity index (χ1v) is 12.5. The van der Waals surface area contributed by atoms with E-state index >= 15 is 0 Å². The average Bonchev–Trinajstić information content (AvgIpc) is 3.22. The molecule has 2 aromatic carbocycles. The number of nitrogen functional groups attached to an aromatic ring is 1. The van der Waals surface area contributed by atoms with Gasteiger partial charge in [-0.15, -0.1) is 5.10 Å². The molecule has 0 bridgehead atoms. The van der Waals surface area contributed by atoms with Gasteiger partial charge in [0.15, 0.2) is 0 Å². The molecule has 0 radical (unpaired) electrons. The number of carbonyl (C=O) groups excluding carboxylic acids is 1. The van der Waals surface area contributed by atoms with Crippen LogP contribution >= 0.6 is 11.6 Å². The number of nitrogens with zero attached hydrogens (tertiary/aromatic N) is 3. The number of H-pyrrole nitrogens is 1. The van der Waals surface area contributed by atoms with Crippen molar-refractivity contribution in [1.82, 2.24) is 20.1 Å². The van der Waals surface area contributed by atoms with Crippen LogP contribution in [0.25, 0.3) is 11.1 Å². The summed E-state index contributed by atoms with van der Waals surface area (Å²) in [6.45, 7) is 6.45. The van der Waals surface area contributed by atoms with E-state index in [0.29, 0.717) is 48.6 Å². The summed E-state index contributed by atoms with van der Waals surface area (Å²) in [7, 11) is 0. The lowest BCUT2D eigenvalue weighted by atomic mass is 9.95. The lowest BCUT2D eigenvalue weighted by molar-refractivity contribution is -0.137. The largest absolute Gasteiger partial charge is 0.490 e. The first-order valence-electron chi connectivity index (χ1n) is 12.1. The van der Waals surface area contributed by atoms with Crippen molar-refractivity contribution in [3.05, 3.63) is 58.4 Å². The Hall–Kier alpha value is -3.47. The second-order valence-corrected chi connectivity index (χ2v) is 10.5. The van der Waals surface area contributed by atoms with E-state index < -0.39 is 17.3 Å². The highest BCUT2D eigenvalue weighted by Gasteiger charge is 2.35. The number of alkyl halides is 3. The quantitative estimate of drug-likeness (QED) is 0.397. The molecule has 1 aromatic heterocycles. The van der Waals surface area contributed by atoms with Gasteiger partial charge in [-0.3, -0.25) is 5.10 Å². The van der Waals surface area contributed by atoms with Crippen LogP contribution < -0.4 is 10.5 Å². The van der Waals surface area contributed by atoms with E-state index in [4.69, 9.17) is 26.8 Å². The van der Waals surface area contributed by atoms with E-state index in [1.54, 1.807) is 29.2 Å². The minimum absolute atomic E-state index is 0.00895. The van der Waals surface area contributed by atoms with E-state index in [0.717, 1.165) is 6.07 Å². The molecule has 38 heavy (non-hydrogen) atoms. The number of nitrogens with one attached hydrogen (secondary N) is 1. The molecule has 2 heterocycles. The van der Waals surface area contributed by atoms with Gasteiger partial charge in [0.2, 0.25) is 5.95 Å². The number of hydrogen-bond acceptors (Lipinski definition) is 6. The Morgan fingerprint density at radius 3 is 2.37 bits per heavy atom. The third kappa shape index (κ3) is 6.89. The number of ether oxygens (including phenoxy) is 2. The highest BCUT2D eigenvalue weighted by molar-refractivity contribution is 6.33. The highest BCUT2D eigenvalue weighted by atomic mass is 35.5. The lowest BCUT2D eigenvalue weighted by Crippen LogP contribution is -2.44. The van der Waals surface area contributed by atoms with Gasteiger partial charge in [-0.25, -0.2) is 4.79 Å². The number of hydrogen-bond donors (Lipinski definition) is 2. The molecule has 12 heteroatoms. The molecule has 4 rings (SSSR count). The standard InChI is InChI=1S/C26H29ClF3N5O3/c1-25(2,3)38-24(36)35-10-8-18(9-11-35)37-17-6-4-16(5-7-17)22-19(26(28,29)30)12-15(13-20(22)27)14-21-32-23(31)34-33-21/h4-7,12-13,18H,8-11,14H2,1-3H3,(H3,31,32,33,34). The zero-order valence-corrected chi connectivity index (χ0v) is 22.0. The molecule has 0 unspecified atom stereocenters. The van der Waals surface area contributed by atoms with Crippen LogP contribution in [-0.2, 0) is 17.3 Å². The van der Waals surface area contributed by atoms with Crippen molar-refractivity contribution in [3.8, 4) is 16.9 Å². The highest BCUT2D eigenvalue weighted by Crippen LogP contribution is 2.42. The lowest BCUT2D eigenvalue weighted by Gasteiger charge is -2.33. The minimum Gasteiger partial charge on any atom is -0.490 e. The fourth-order valence-electron chi connectivity index (χ4n) is 4.24. The number of anilines is 1. The number of halogens is 4. The smallest absolute Gasteiger partial charge is 0.417 e. The van der Waals surface area contributed by atoms with E-state index in [1.807, 2.05) is 20.8 Å². The summed E-state index contributed by atoms with van der Waals surface area (Å²) in [5.41, 5.74) is 4.58. The average molecular weight is 552 g/mol. The van der Waals surface area contributed by atoms with Crippen molar-refractivity contribution in [3.63, 3.8) is 0 Å². The van der Waals surface area contributed by atoms with E-state index in [-0.39, 0.29) is 35.2 Å². The van der Waals surface area contributed by atoms with Crippen LogP contribution in [0.4, 0.5) is 23.9 Å². The van der Waals surface area contributed by atoms with E-state index in [2.05, 4.69) is 15.2 Å². The second-order valence-electron chi connectivity index (χ2n) is 10.1. The Kier molecular flexibility index (Phi) is 7.78. The molecule has 0 atom stereocenters. The van der Waals surface area contributed by atoms with Gasteiger partial charge in [0.25, 0.3) is 0 Å². The topological polar surface area (TPSA) is 106 Å². The second kappa shape index (κ2) is 10.7. The molecule has 3 N–H and O–H groups in total. The zero-order valence-electron chi connectivity index (χ0n) is 21.2. The maximum Gasteiger partial charge on any atom is 0.417 e. The molecule has 1 fully saturated rings. The summed E-state index contributed by atoms with van der Waals surface area (Å²) in [5, 5.41) is 6.24. The number of amides is 1. The summed E-state index contributed by atoms with van der Waals surface area (Å²) in [4.78, 5) is 17.8. The van der Waals surface area contributed by atoms with Gasteiger partial charge in [-0.05, 0) is 56.2 Å². The van der Waals surface area contributed by atoms with Crippen LogP contribution in [0.5, 0.6) is 5.75 Å². The molecular weight excluding hydrogens is 523 g/mol. The normalized spacial score (nSPS) is 15.0. The first-order chi connectivity index (χ1) is 17.8. The number of aromatic amines is 1. The molecular formula is C26H29ClF3N5O3. The van der Waals surface area contributed by atoms with Crippen LogP contribution in [0, 0.1) is 0 Å². The summed E-state index contributed by atoms with van der Waals surface area (Å²) in [6.07, 6.45) is -3.82. The Bertz CT molecular complexity index is 1280. The van der Waals surface area contributed by atoms with Gasteiger partial charge >= 0.3 is 12.3 Å². The predicted molar refractivity (Wildman–Crippen MR) is 137 cm³/mol. The number of rotatable bonds is 5. The third-order valence-electron chi connectivity index (χ3n) is 5.92. The van der Waals surface area contributed by atoms with Crippen molar-refractivity contribution < 1.29 is 27.4 Å². The predicted octanol–water partition coefficient (Wildman–Crippen LogP) is 6.10. The summed E-state index contributed by atoms with van der Waals surface area (Å²) in [6, 6.07) is 8.89. The number of aromatic nitrogens is 3. The summed E-state index contributed by atoms with van der Waals surface area (Å²) >= 11 is 6.38. The summed E-state index contributed by atoms with van der Waals surface area (Å²) in [5.74, 6) is 0.862. The van der Waals surface area contributed by atoms with Gasteiger partial charge in [0.1, 0.15) is 23.3 Å². The van der Waals surface area contributed by atoms with E-state index in [9.17, 15) is 18.0 Å². The maximum absolute atomic E-state index is 14.0. The van der Waals surface area contributed by atoms with Crippen LogP contribution in [0.15, 0.2) is 36.4 Å². The maximum atomic E-state index is 14.0. The molecule has 0 spiro atoms. The Balaban J connectivity index is 1.46. The SMILES string of the molecule is CC(C)(C)OC(=O)N1CCC(Oc2ccc(-c3c(Cl)cc(Cc4nc(N)n[nH]4)cc3C(F)(F)F)cc2)CC1. The summed E-state index contributed by atoms with van der Waals surface area (Å²) < 4.78 is 53.5. The van der Waals surface area contributed by atoms with Gasteiger partial charge in [0.05, 0.1) is 5.56 Å². The van der Waals surface area contributed by atoms with Crippen molar-refractivity contribution in [2.24, 2.45) is 0 Å². The molecule has 0 aliphatic carbocycles. The molecule has 204 valence electrons. The Morgan fingerprint density at radius 2 is 1.82 bits per heavy atom. The fraction of sp³-hybridized carbons (Fsp3) is 0.423. The van der Waals surface area contributed by atoms with Gasteiger partial charge in [-0.2, -0.15) is 18.2 Å². The van der Waals surface area contributed by atoms with Crippen LogP contribution in [0.1, 0.15) is 50.6 Å². The number of piperidine rings is 1. The number of carbonyl (C=O) groups is 1. The fourth-order valence-corrected chi connectivity index (χ4v) is 4.59. The monoisotopic (exact) mass is 551 g/mol. The number of benzene rings is 2. The van der Waals surface area contributed by atoms with Crippen molar-refractivity contribution >= 4 is 23.6 Å². The number of likely N-dealkylation sites (tertiary alicyclic amines) is 1. The molecule has 0 saturated carbocycles. The molecule has 8 nitrogen and oxygen atoms in total. The molecule has 1 saturated heterocycles. The Morgan fingerprint density at radius 1 is 1.16 bits per heavy atom. The molecule has 1 aliphatic heterocycles. The zero-order chi connectivity index (χ0) is 27.7. The molecule has 1 aliphatic rings. The van der Waals surface area contributed by atoms with Crippen LogP contribution in [-0.4, -0.2) is 51.0 Å². The van der Waals surface area contributed by atoms with Crippen molar-refractivity contribution in [2.45, 2.75) is 57.9 Å². The molecule has 3 aromatic rings. The van der Waals surface area contributed by atoms with Crippen molar-refractivity contribution in [2.75, 3.05) is 18.8 Å². The van der Waals surface area contributed by atoms with E-state index in [1.165, 1.54) is 6.07 Å². The molecule has 1 amide bonds. The first kappa shape index (κ1) is 27.6.